The first kappa shape index (κ1) is 25.9. The quantitative estimate of drug-likeness (QED) is 0.528. The minimum Gasteiger partial charge on any atom is -0.390 e. The molecule has 4 rings (SSSR count). The van der Waals surface area contributed by atoms with Crippen LogP contribution in [-0.2, 0) is 6.18 Å². The van der Waals surface area contributed by atoms with Gasteiger partial charge >= 0.3 is 12.3 Å². The molecule has 0 saturated carbocycles. The number of rotatable bonds is 6. The van der Waals surface area contributed by atoms with Gasteiger partial charge in [0.05, 0.1) is 11.1 Å². The Bertz CT molecular complexity index is 1210. The van der Waals surface area contributed by atoms with Crippen molar-refractivity contribution in [2.24, 2.45) is 0 Å². The van der Waals surface area contributed by atoms with Gasteiger partial charge < -0.3 is 19.9 Å². The van der Waals surface area contributed by atoms with Crippen LogP contribution in [0.5, 0.6) is 5.88 Å². The fraction of sp³-hybridized carbons (Fsp3) is 0.308. The van der Waals surface area contributed by atoms with Crippen molar-refractivity contribution in [1.82, 2.24) is 20.4 Å². The molecular weight excluding hydrogens is 487 g/mol. The summed E-state index contributed by atoms with van der Waals surface area (Å²) in [5.74, 6) is -0.0101. The standard InChI is InChI=1S/C26H26F3N5O3/c1-18(19-7-3-2-4-8-19)17-30-25(36)37-23-12-11-22(31-32-23)33-13-15-34(16-14-33)24(35)20-9-5-6-10-21(20)26(27,28)29/h2-12,18H,13-17H2,1H3,(H,30,36). The zero-order valence-electron chi connectivity index (χ0n) is 20.1. The number of piperazine rings is 1. The smallest absolute Gasteiger partial charge is 0.390 e. The number of alkyl halides is 3. The Balaban J connectivity index is 1.27. The highest BCUT2D eigenvalue weighted by molar-refractivity contribution is 5.96. The van der Waals surface area contributed by atoms with Crippen LogP contribution in [0.1, 0.15) is 34.3 Å². The van der Waals surface area contributed by atoms with E-state index in [0.29, 0.717) is 25.5 Å². The lowest BCUT2D eigenvalue weighted by atomic mass is 10.0. The maximum absolute atomic E-state index is 13.3. The number of carbonyl (C=O) groups is 2. The monoisotopic (exact) mass is 513 g/mol. The van der Waals surface area contributed by atoms with Crippen LogP contribution in [0.3, 0.4) is 0 Å². The third-order valence-corrected chi connectivity index (χ3v) is 6.10. The normalized spacial score (nSPS) is 14.7. The number of anilines is 1. The van der Waals surface area contributed by atoms with Crippen LogP contribution in [-0.4, -0.2) is 59.8 Å². The fourth-order valence-corrected chi connectivity index (χ4v) is 4.03. The van der Waals surface area contributed by atoms with E-state index in [-0.39, 0.29) is 30.5 Å². The van der Waals surface area contributed by atoms with Crippen LogP contribution in [0.15, 0.2) is 66.7 Å². The largest absolute Gasteiger partial charge is 0.417 e. The van der Waals surface area contributed by atoms with Crippen molar-refractivity contribution < 1.29 is 27.5 Å². The van der Waals surface area contributed by atoms with E-state index < -0.39 is 23.7 Å². The van der Waals surface area contributed by atoms with Gasteiger partial charge in [-0.2, -0.15) is 13.2 Å². The van der Waals surface area contributed by atoms with Crippen molar-refractivity contribution in [3.05, 3.63) is 83.4 Å². The highest BCUT2D eigenvalue weighted by Gasteiger charge is 2.36. The predicted octanol–water partition coefficient (Wildman–Crippen LogP) is 4.35. The molecular formula is C26H26F3N5O3. The lowest BCUT2D eigenvalue weighted by molar-refractivity contribution is -0.138. The Morgan fingerprint density at radius 1 is 0.946 bits per heavy atom. The number of nitrogens with one attached hydrogen (secondary N) is 1. The molecule has 3 aromatic rings. The van der Waals surface area contributed by atoms with Crippen molar-refractivity contribution in [1.29, 1.82) is 0 Å². The average Bonchev–Trinajstić information content (AvgIpc) is 2.92. The van der Waals surface area contributed by atoms with E-state index in [1.807, 2.05) is 42.2 Å². The molecule has 1 fully saturated rings. The Labute approximate surface area is 212 Å². The molecule has 0 bridgehead atoms. The number of amides is 2. The number of aromatic nitrogens is 2. The zero-order chi connectivity index (χ0) is 26.4. The molecule has 0 radical (unpaired) electrons. The lowest BCUT2D eigenvalue weighted by Crippen LogP contribution is -2.49. The second kappa shape index (κ2) is 11.3. The molecule has 11 heteroatoms. The molecule has 1 aliphatic rings. The molecule has 1 N–H and O–H groups in total. The molecule has 2 aromatic carbocycles. The van der Waals surface area contributed by atoms with Crippen LogP contribution in [0.4, 0.5) is 23.8 Å². The first-order valence-electron chi connectivity index (χ1n) is 11.8. The summed E-state index contributed by atoms with van der Waals surface area (Å²) in [4.78, 5) is 28.1. The Morgan fingerprint density at radius 3 is 2.27 bits per heavy atom. The minimum absolute atomic E-state index is 0.0335. The van der Waals surface area contributed by atoms with Crippen molar-refractivity contribution >= 4 is 17.8 Å². The molecule has 0 aliphatic carbocycles. The number of benzene rings is 2. The van der Waals surface area contributed by atoms with Crippen LogP contribution in [0, 0.1) is 0 Å². The van der Waals surface area contributed by atoms with E-state index >= 15 is 0 Å². The van der Waals surface area contributed by atoms with Gasteiger partial charge in [-0.3, -0.25) is 4.79 Å². The van der Waals surface area contributed by atoms with Gasteiger partial charge in [0.15, 0.2) is 5.82 Å². The highest BCUT2D eigenvalue weighted by atomic mass is 19.4. The van der Waals surface area contributed by atoms with E-state index in [4.69, 9.17) is 4.74 Å². The summed E-state index contributed by atoms with van der Waals surface area (Å²) in [5, 5.41) is 10.7. The SMILES string of the molecule is CC(CNC(=O)Oc1ccc(N2CCN(C(=O)c3ccccc3C(F)(F)F)CC2)nn1)c1ccccc1. The Kier molecular flexibility index (Phi) is 7.90. The molecule has 1 aliphatic heterocycles. The number of hydrogen-bond acceptors (Lipinski definition) is 6. The zero-order valence-corrected chi connectivity index (χ0v) is 20.1. The Morgan fingerprint density at radius 2 is 1.62 bits per heavy atom. The van der Waals surface area contributed by atoms with Gasteiger partial charge in [-0.05, 0) is 29.7 Å². The molecule has 8 nitrogen and oxygen atoms in total. The van der Waals surface area contributed by atoms with Gasteiger partial charge in [-0.1, -0.05) is 49.4 Å². The van der Waals surface area contributed by atoms with Gasteiger partial charge in [0.2, 0.25) is 5.88 Å². The van der Waals surface area contributed by atoms with Gasteiger partial charge in [-0.15, -0.1) is 10.2 Å². The Hall–Kier alpha value is -4.15. The van der Waals surface area contributed by atoms with Crippen molar-refractivity contribution in [2.75, 3.05) is 37.6 Å². The first-order chi connectivity index (χ1) is 17.7. The van der Waals surface area contributed by atoms with Gasteiger partial charge in [0.1, 0.15) is 0 Å². The summed E-state index contributed by atoms with van der Waals surface area (Å²) in [6.07, 6.45) is -5.25. The summed E-state index contributed by atoms with van der Waals surface area (Å²) in [5.41, 5.74) is -0.207. The molecule has 37 heavy (non-hydrogen) atoms. The van der Waals surface area contributed by atoms with E-state index in [0.717, 1.165) is 11.6 Å². The number of nitrogens with zero attached hydrogens (tertiary/aromatic N) is 4. The molecule has 2 heterocycles. The molecule has 1 saturated heterocycles. The van der Waals surface area contributed by atoms with E-state index in [2.05, 4.69) is 15.5 Å². The molecule has 1 unspecified atom stereocenters. The summed E-state index contributed by atoms with van der Waals surface area (Å²) in [7, 11) is 0. The minimum atomic E-state index is -4.61. The highest BCUT2D eigenvalue weighted by Crippen LogP contribution is 2.32. The van der Waals surface area contributed by atoms with Crippen molar-refractivity contribution in [3.8, 4) is 5.88 Å². The second-order valence-electron chi connectivity index (χ2n) is 8.63. The maximum atomic E-state index is 13.3. The van der Waals surface area contributed by atoms with Gasteiger partial charge in [0.25, 0.3) is 5.91 Å². The maximum Gasteiger partial charge on any atom is 0.417 e. The van der Waals surface area contributed by atoms with Gasteiger partial charge in [0, 0.05) is 38.8 Å². The summed E-state index contributed by atoms with van der Waals surface area (Å²) in [6.45, 7) is 3.58. The number of hydrogen-bond donors (Lipinski definition) is 1. The van der Waals surface area contributed by atoms with Crippen LogP contribution >= 0.6 is 0 Å². The van der Waals surface area contributed by atoms with Crippen LogP contribution < -0.4 is 15.0 Å². The van der Waals surface area contributed by atoms with Crippen LogP contribution in [0.25, 0.3) is 0 Å². The summed E-state index contributed by atoms with van der Waals surface area (Å²) < 4.78 is 45.1. The topological polar surface area (TPSA) is 87.7 Å². The molecule has 1 atom stereocenters. The number of halogens is 3. The summed E-state index contributed by atoms with van der Waals surface area (Å²) >= 11 is 0. The fourth-order valence-electron chi connectivity index (χ4n) is 4.03. The second-order valence-corrected chi connectivity index (χ2v) is 8.63. The summed E-state index contributed by atoms with van der Waals surface area (Å²) in [6, 6.07) is 17.7. The van der Waals surface area contributed by atoms with Crippen LogP contribution in [0.2, 0.25) is 0 Å². The van der Waals surface area contributed by atoms with Gasteiger partial charge in [-0.25, -0.2) is 4.79 Å². The third kappa shape index (κ3) is 6.54. The van der Waals surface area contributed by atoms with E-state index in [1.54, 1.807) is 6.07 Å². The average molecular weight is 514 g/mol. The van der Waals surface area contributed by atoms with E-state index in [9.17, 15) is 22.8 Å². The number of ether oxygens (including phenoxy) is 1. The third-order valence-electron chi connectivity index (χ3n) is 6.10. The number of carbonyl (C=O) groups excluding carboxylic acids is 2. The first-order valence-corrected chi connectivity index (χ1v) is 11.8. The predicted molar refractivity (Wildman–Crippen MR) is 130 cm³/mol. The van der Waals surface area contributed by atoms with E-state index in [1.165, 1.54) is 29.2 Å². The molecule has 194 valence electrons. The molecule has 2 amide bonds. The lowest BCUT2D eigenvalue weighted by Gasteiger charge is -2.35. The molecule has 0 spiro atoms. The van der Waals surface area contributed by atoms with Crippen molar-refractivity contribution in [3.63, 3.8) is 0 Å². The van der Waals surface area contributed by atoms with Crippen molar-refractivity contribution in [2.45, 2.75) is 19.0 Å². The molecule has 1 aromatic heterocycles.